The molecule has 0 spiro atoms. The molecule has 0 bridgehead atoms. The Balaban J connectivity index is 2.82. The van der Waals surface area contributed by atoms with E-state index in [0.29, 0.717) is 18.2 Å². The van der Waals surface area contributed by atoms with Crippen molar-refractivity contribution in [3.05, 3.63) is 39.7 Å². The van der Waals surface area contributed by atoms with Crippen LogP contribution in [0.3, 0.4) is 0 Å². The summed E-state index contributed by atoms with van der Waals surface area (Å²) in [7, 11) is 0. The zero-order valence-corrected chi connectivity index (χ0v) is 10.3. The number of rotatable bonds is 3. The molecule has 18 heavy (non-hydrogen) atoms. The van der Waals surface area contributed by atoms with Crippen molar-refractivity contribution in [1.29, 1.82) is 0 Å². The van der Waals surface area contributed by atoms with Crippen LogP contribution in [-0.4, -0.2) is 10.9 Å². The molecule has 4 heteroatoms. The van der Waals surface area contributed by atoms with Crippen molar-refractivity contribution in [1.82, 2.24) is 0 Å². The lowest BCUT2D eigenvalue weighted by Crippen LogP contribution is -2.04. The van der Waals surface area contributed by atoms with Crippen LogP contribution in [0.1, 0.15) is 35.7 Å². The van der Waals surface area contributed by atoms with Crippen molar-refractivity contribution < 1.29 is 14.3 Å². The average molecular weight is 246 g/mol. The first-order valence-corrected chi connectivity index (χ1v) is 5.84. The van der Waals surface area contributed by atoms with Gasteiger partial charge in [-0.3, -0.25) is 4.79 Å². The highest BCUT2D eigenvalue weighted by Crippen LogP contribution is 2.29. The summed E-state index contributed by atoms with van der Waals surface area (Å²) in [5.74, 6) is -0.357. The first-order valence-electron chi connectivity index (χ1n) is 5.84. The Labute approximate surface area is 104 Å². The third kappa shape index (κ3) is 2.01. The van der Waals surface area contributed by atoms with Crippen LogP contribution in [-0.2, 0) is 0 Å². The van der Waals surface area contributed by atoms with Crippen LogP contribution < -0.4 is 5.63 Å². The third-order valence-electron chi connectivity index (χ3n) is 2.85. The molecule has 1 aromatic heterocycles. The molecular weight excluding hydrogens is 232 g/mol. The zero-order chi connectivity index (χ0) is 13.3. The monoisotopic (exact) mass is 246 g/mol. The van der Waals surface area contributed by atoms with Gasteiger partial charge in [0.1, 0.15) is 11.3 Å². The number of ketones is 1. The molecule has 0 saturated carbocycles. The van der Waals surface area contributed by atoms with E-state index in [-0.39, 0.29) is 22.7 Å². The van der Waals surface area contributed by atoms with E-state index >= 15 is 0 Å². The van der Waals surface area contributed by atoms with E-state index < -0.39 is 5.63 Å². The number of Topliss-reactive ketones (excluding diaryl/α,β-unsaturated/α-hetero) is 1. The summed E-state index contributed by atoms with van der Waals surface area (Å²) in [6, 6.07) is 4.47. The van der Waals surface area contributed by atoms with Crippen molar-refractivity contribution in [2.24, 2.45) is 0 Å². The minimum absolute atomic E-state index is 0.107. The summed E-state index contributed by atoms with van der Waals surface area (Å²) in [5.41, 5.74) is 0.497. The fraction of sp³-hybridized carbons (Fsp3) is 0.286. The molecule has 0 aliphatic heterocycles. The number of phenolic OH excluding ortho intramolecular Hbond substituents is 1. The van der Waals surface area contributed by atoms with Crippen LogP contribution in [0.2, 0.25) is 0 Å². The number of hydrogen-bond acceptors (Lipinski definition) is 4. The van der Waals surface area contributed by atoms with Gasteiger partial charge in [0, 0.05) is 17.9 Å². The topological polar surface area (TPSA) is 67.5 Å². The van der Waals surface area contributed by atoms with Gasteiger partial charge < -0.3 is 9.52 Å². The predicted octanol–water partition coefficient (Wildman–Crippen LogP) is 2.79. The SMILES string of the molecule is CCCC(=O)c1c(O)ccc2c(C)cc(=O)oc12. The molecule has 0 radical (unpaired) electrons. The Morgan fingerprint density at radius 1 is 1.39 bits per heavy atom. The lowest BCUT2D eigenvalue weighted by Gasteiger charge is -2.07. The fourth-order valence-corrected chi connectivity index (χ4v) is 1.99. The van der Waals surface area contributed by atoms with Crippen LogP contribution in [0, 0.1) is 6.92 Å². The number of benzene rings is 1. The van der Waals surface area contributed by atoms with Crippen LogP contribution in [0.25, 0.3) is 11.0 Å². The summed E-state index contributed by atoms with van der Waals surface area (Å²) in [6.45, 7) is 3.64. The minimum Gasteiger partial charge on any atom is -0.507 e. The Bertz CT molecular complexity index is 667. The number of phenols is 1. The molecular formula is C14H14O4. The van der Waals surface area contributed by atoms with E-state index in [2.05, 4.69) is 0 Å². The number of hydrogen-bond donors (Lipinski definition) is 1. The molecule has 0 saturated heterocycles. The van der Waals surface area contributed by atoms with Gasteiger partial charge in [-0.15, -0.1) is 0 Å². The van der Waals surface area contributed by atoms with Gasteiger partial charge in [0.25, 0.3) is 0 Å². The van der Waals surface area contributed by atoms with E-state index in [0.717, 1.165) is 5.56 Å². The van der Waals surface area contributed by atoms with Gasteiger partial charge in [-0.1, -0.05) is 6.92 Å². The number of carbonyl (C=O) groups excluding carboxylic acids is 1. The summed E-state index contributed by atoms with van der Waals surface area (Å²) >= 11 is 0. The highest BCUT2D eigenvalue weighted by molar-refractivity contribution is 6.08. The number of aryl methyl sites for hydroxylation is 1. The van der Waals surface area contributed by atoms with E-state index in [1.165, 1.54) is 12.1 Å². The molecule has 1 heterocycles. The Morgan fingerprint density at radius 3 is 2.78 bits per heavy atom. The lowest BCUT2D eigenvalue weighted by molar-refractivity contribution is 0.0980. The molecule has 1 aromatic carbocycles. The largest absolute Gasteiger partial charge is 0.507 e. The van der Waals surface area contributed by atoms with E-state index in [1.807, 2.05) is 6.92 Å². The summed E-state index contributed by atoms with van der Waals surface area (Å²) in [4.78, 5) is 23.4. The lowest BCUT2D eigenvalue weighted by atomic mass is 10.0. The van der Waals surface area contributed by atoms with Crippen LogP contribution in [0.4, 0.5) is 0 Å². The second kappa shape index (κ2) is 4.64. The van der Waals surface area contributed by atoms with Crippen molar-refractivity contribution in [3.63, 3.8) is 0 Å². The second-order valence-corrected chi connectivity index (χ2v) is 4.26. The molecule has 0 atom stereocenters. The van der Waals surface area contributed by atoms with Gasteiger partial charge in [-0.25, -0.2) is 4.79 Å². The van der Waals surface area contributed by atoms with E-state index in [1.54, 1.807) is 13.0 Å². The van der Waals surface area contributed by atoms with Crippen molar-refractivity contribution in [3.8, 4) is 5.75 Å². The smallest absolute Gasteiger partial charge is 0.336 e. The number of carbonyl (C=O) groups is 1. The first kappa shape index (κ1) is 12.4. The Kier molecular flexibility index (Phi) is 3.19. The standard InChI is InChI=1S/C14H14O4/c1-3-4-10(15)13-11(16)6-5-9-8(2)7-12(17)18-14(9)13/h5-7,16H,3-4H2,1-2H3. The third-order valence-corrected chi connectivity index (χ3v) is 2.85. The Hall–Kier alpha value is -2.10. The highest BCUT2D eigenvalue weighted by Gasteiger charge is 2.18. The molecule has 2 aromatic rings. The maximum atomic E-state index is 12.0. The molecule has 94 valence electrons. The first-order chi connectivity index (χ1) is 8.54. The quantitative estimate of drug-likeness (QED) is 0.668. The molecule has 0 aliphatic carbocycles. The van der Waals surface area contributed by atoms with Gasteiger partial charge in [0.2, 0.25) is 0 Å². The Morgan fingerprint density at radius 2 is 2.11 bits per heavy atom. The van der Waals surface area contributed by atoms with Gasteiger partial charge in [0.15, 0.2) is 11.4 Å². The minimum atomic E-state index is -0.517. The molecule has 0 amide bonds. The number of fused-ring (bicyclic) bond motifs is 1. The van der Waals surface area contributed by atoms with E-state index in [4.69, 9.17) is 4.42 Å². The zero-order valence-electron chi connectivity index (χ0n) is 10.3. The van der Waals surface area contributed by atoms with Crippen molar-refractivity contribution >= 4 is 16.8 Å². The normalized spacial score (nSPS) is 10.8. The van der Waals surface area contributed by atoms with Gasteiger partial charge in [-0.05, 0) is 31.0 Å². The van der Waals surface area contributed by atoms with Crippen molar-refractivity contribution in [2.45, 2.75) is 26.7 Å². The molecule has 4 nitrogen and oxygen atoms in total. The van der Waals surface area contributed by atoms with Crippen LogP contribution in [0.5, 0.6) is 5.75 Å². The summed E-state index contributed by atoms with van der Waals surface area (Å²) in [6.07, 6.45) is 0.981. The summed E-state index contributed by atoms with van der Waals surface area (Å²) < 4.78 is 5.09. The summed E-state index contributed by atoms with van der Waals surface area (Å²) in [5, 5.41) is 10.5. The van der Waals surface area contributed by atoms with Crippen LogP contribution >= 0.6 is 0 Å². The molecule has 2 rings (SSSR count). The van der Waals surface area contributed by atoms with Crippen molar-refractivity contribution in [2.75, 3.05) is 0 Å². The average Bonchev–Trinajstić information content (AvgIpc) is 2.28. The fourth-order valence-electron chi connectivity index (χ4n) is 1.99. The number of aromatic hydroxyl groups is 1. The second-order valence-electron chi connectivity index (χ2n) is 4.26. The molecule has 0 aliphatic rings. The predicted molar refractivity (Wildman–Crippen MR) is 68.1 cm³/mol. The van der Waals surface area contributed by atoms with Gasteiger partial charge in [0.05, 0.1) is 0 Å². The van der Waals surface area contributed by atoms with Gasteiger partial charge in [-0.2, -0.15) is 0 Å². The highest BCUT2D eigenvalue weighted by atomic mass is 16.4. The molecule has 1 N–H and O–H groups in total. The molecule has 0 fully saturated rings. The van der Waals surface area contributed by atoms with Crippen LogP contribution in [0.15, 0.2) is 27.4 Å². The maximum absolute atomic E-state index is 12.0. The van der Waals surface area contributed by atoms with Gasteiger partial charge >= 0.3 is 5.63 Å². The maximum Gasteiger partial charge on any atom is 0.336 e. The molecule has 0 unspecified atom stereocenters. The van der Waals surface area contributed by atoms with E-state index in [9.17, 15) is 14.7 Å².